The zero-order valence-corrected chi connectivity index (χ0v) is 16.0. The first-order valence-electron chi connectivity index (χ1n) is 9.76. The van der Waals surface area contributed by atoms with Gasteiger partial charge in [0.15, 0.2) is 0 Å². The molecule has 1 aliphatic rings. The van der Waals surface area contributed by atoms with Gasteiger partial charge in [-0.25, -0.2) is 4.79 Å². The van der Waals surface area contributed by atoms with E-state index < -0.39 is 0 Å². The van der Waals surface area contributed by atoms with Gasteiger partial charge in [-0.15, -0.1) is 5.06 Å². The van der Waals surface area contributed by atoms with Crippen LogP contribution in [0.5, 0.6) is 5.75 Å². The zero-order valence-electron chi connectivity index (χ0n) is 16.0. The summed E-state index contributed by atoms with van der Waals surface area (Å²) in [5, 5.41) is 1.75. The highest BCUT2D eigenvalue weighted by Gasteiger charge is 2.21. The van der Waals surface area contributed by atoms with Gasteiger partial charge in [0.05, 0.1) is 25.3 Å². The lowest BCUT2D eigenvalue weighted by Gasteiger charge is -2.34. The van der Waals surface area contributed by atoms with Crippen molar-refractivity contribution in [2.24, 2.45) is 0 Å². The first kappa shape index (κ1) is 19.2. The predicted octanol–water partition coefficient (Wildman–Crippen LogP) is 4.15. The Labute approximate surface area is 161 Å². The fourth-order valence-corrected chi connectivity index (χ4v) is 3.08. The highest BCUT2D eigenvalue weighted by Crippen LogP contribution is 2.21. The molecule has 1 heterocycles. The minimum atomic E-state index is -0.298. The lowest BCUT2D eigenvalue weighted by Crippen LogP contribution is -2.47. The Bertz CT molecular complexity index is 695. The number of carbonyl (C=O) groups excluding carboxylic acids is 1. The van der Waals surface area contributed by atoms with Crippen molar-refractivity contribution >= 4 is 11.7 Å². The normalized spacial score (nSPS) is 14.8. The molecule has 0 unspecified atom stereocenters. The van der Waals surface area contributed by atoms with Gasteiger partial charge >= 0.3 is 5.97 Å². The van der Waals surface area contributed by atoms with Crippen molar-refractivity contribution in [3.63, 3.8) is 0 Å². The Balaban J connectivity index is 1.44. The molecule has 0 atom stereocenters. The van der Waals surface area contributed by atoms with Gasteiger partial charge in [0.2, 0.25) is 0 Å². The van der Waals surface area contributed by atoms with E-state index in [0.717, 1.165) is 31.9 Å². The number of piperazine rings is 1. The molecule has 2 aromatic rings. The molecular formula is C22H28N2O3. The minimum Gasteiger partial charge on any atom is -0.494 e. The van der Waals surface area contributed by atoms with Crippen LogP contribution in [-0.4, -0.2) is 43.8 Å². The topological polar surface area (TPSA) is 42.0 Å². The van der Waals surface area contributed by atoms with E-state index in [4.69, 9.17) is 9.57 Å². The van der Waals surface area contributed by atoms with E-state index in [0.29, 0.717) is 18.7 Å². The molecule has 0 radical (unpaired) electrons. The summed E-state index contributed by atoms with van der Waals surface area (Å²) in [7, 11) is 0. The molecule has 1 fully saturated rings. The zero-order chi connectivity index (χ0) is 18.9. The van der Waals surface area contributed by atoms with E-state index in [1.54, 1.807) is 17.2 Å². The largest absolute Gasteiger partial charge is 0.494 e. The van der Waals surface area contributed by atoms with Gasteiger partial charge in [0.25, 0.3) is 0 Å². The molecule has 0 saturated carbocycles. The lowest BCUT2D eigenvalue weighted by molar-refractivity contribution is -0.112. The van der Waals surface area contributed by atoms with E-state index in [-0.39, 0.29) is 5.97 Å². The Hall–Kier alpha value is -2.53. The van der Waals surface area contributed by atoms with Crippen LogP contribution in [0, 0.1) is 0 Å². The molecule has 27 heavy (non-hydrogen) atoms. The van der Waals surface area contributed by atoms with Gasteiger partial charge < -0.3 is 14.5 Å². The van der Waals surface area contributed by atoms with Gasteiger partial charge in [-0.1, -0.05) is 38.0 Å². The van der Waals surface area contributed by atoms with Crippen molar-refractivity contribution in [3.05, 3.63) is 60.2 Å². The second-order valence-corrected chi connectivity index (χ2v) is 6.71. The smallest absolute Gasteiger partial charge is 0.357 e. The Morgan fingerprint density at radius 2 is 1.63 bits per heavy atom. The highest BCUT2D eigenvalue weighted by atomic mass is 16.7. The van der Waals surface area contributed by atoms with E-state index >= 15 is 0 Å². The van der Waals surface area contributed by atoms with E-state index in [9.17, 15) is 4.79 Å². The molecule has 2 aromatic carbocycles. The van der Waals surface area contributed by atoms with Crippen molar-refractivity contribution in [3.8, 4) is 5.75 Å². The Morgan fingerprint density at radius 3 is 2.30 bits per heavy atom. The number of anilines is 1. The average Bonchev–Trinajstić information content (AvgIpc) is 2.73. The molecule has 1 aliphatic heterocycles. The summed E-state index contributed by atoms with van der Waals surface area (Å²) in [4.78, 5) is 19.9. The second kappa shape index (κ2) is 9.97. The summed E-state index contributed by atoms with van der Waals surface area (Å²) in [6.45, 7) is 5.98. The molecule has 144 valence electrons. The summed E-state index contributed by atoms with van der Waals surface area (Å²) in [6, 6.07) is 17.4. The first-order chi connectivity index (χ1) is 13.3. The van der Waals surface area contributed by atoms with Crippen molar-refractivity contribution in [1.29, 1.82) is 0 Å². The maximum Gasteiger partial charge on any atom is 0.357 e. The minimum absolute atomic E-state index is 0.298. The van der Waals surface area contributed by atoms with Gasteiger partial charge in [-0.3, -0.25) is 0 Å². The van der Waals surface area contributed by atoms with Crippen molar-refractivity contribution in [2.45, 2.75) is 26.2 Å². The van der Waals surface area contributed by atoms with Crippen LogP contribution >= 0.6 is 0 Å². The maximum atomic E-state index is 12.1. The summed E-state index contributed by atoms with van der Waals surface area (Å²) in [5.74, 6) is 0.624. The summed E-state index contributed by atoms with van der Waals surface area (Å²) >= 11 is 0. The van der Waals surface area contributed by atoms with Gasteiger partial charge in [0.1, 0.15) is 5.75 Å². The van der Waals surface area contributed by atoms with Crippen LogP contribution in [0.25, 0.3) is 0 Å². The monoisotopic (exact) mass is 368 g/mol. The predicted molar refractivity (Wildman–Crippen MR) is 107 cm³/mol. The molecule has 5 heteroatoms. The number of benzene rings is 2. The third-order valence-electron chi connectivity index (χ3n) is 4.68. The van der Waals surface area contributed by atoms with Crippen molar-refractivity contribution in [1.82, 2.24) is 5.06 Å². The fourth-order valence-electron chi connectivity index (χ4n) is 3.08. The maximum absolute atomic E-state index is 12.1. The molecule has 0 N–H and O–H groups in total. The summed E-state index contributed by atoms with van der Waals surface area (Å²) in [6.07, 6.45) is 3.51. The second-order valence-electron chi connectivity index (χ2n) is 6.71. The quantitative estimate of drug-likeness (QED) is 0.655. The van der Waals surface area contributed by atoms with Crippen LogP contribution in [0.1, 0.15) is 36.5 Å². The molecule has 1 saturated heterocycles. The molecule has 0 aromatic heterocycles. The molecule has 3 rings (SSSR count). The fraction of sp³-hybridized carbons (Fsp3) is 0.409. The number of ether oxygens (including phenoxy) is 1. The number of hydroxylamine groups is 2. The van der Waals surface area contributed by atoms with Crippen LogP contribution in [0.2, 0.25) is 0 Å². The number of hydrogen-bond acceptors (Lipinski definition) is 5. The molecule has 0 amide bonds. The van der Waals surface area contributed by atoms with Crippen LogP contribution in [0.3, 0.4) is 0 Å². The third-order valence-corrected chi connectivity index (χ3v) is 4.68. The van der Waals surface area contributed by atoms with Crippen LogP contribution in [-0.2, 0) is 4.84 Å². The summed E-state index contributed by atoms with van der Waals surface area (Å²) < 4.78 is 5.77. The third kappa shape index (κ3) is 5.73. The summed E-state index contributed by atoms with van der Waals surface area (Å²) in [5.41, 5.74) is 1.75. The molecule has 0 bridgehead atoms. The Kier molecular flexibility index (Phi) is 7.11. The molecule has 5 nitrogen and oxygen atoms in total. The van der Waals surface area contributed by atoms with E-state index in [1.807, 2.05) is 30.3 Å². The number of carbonyl (C=O) groups is 1. The van der Waals surface area contributed by atoms with Gasteiger partial charge in [-0.2, -0.15) is 0 Å². The first-order valence-corrected chi connectivity index (χ1v) is 9.76. The van der Waals surface area contributed by atoms with Crippen LogP contribution in [0.4, 0.5) is 5.69 Å². The number of hydrogen-bond donors (Lipinski definition) is 0. The van der Waals surface area contributed by atoms with E-state index in [1.165, 1.54) is 18.5 Å². The molecular weight excluding hydrogens is 340 g/mol. The standard InChI is InChI=1S/C22H28N2O3/c1-2-3-7-18-26-21-12-10-20(11-13-21)23-14-16-24(17-15-23)27-22(25)19-8-5-4-6-9-19/h4-6,8-13H,2-3,7,14-18H2,1H3. The van der Waals surface area contributed by atoms with E-state index in [2.05, 4.69) is 24.0 Å². The van der Waals surface area contributed by atoms with Crippen molar-refractivity contribution < 1.29 is 14.4 Å². The molecule has 0 spiro atoms. The van der Waals surface area contributed by atoms with Crippen molar-refractivity contribution in [2.75, 3.05) is 37.7 Å². The lowest BCUT2D eigenvalue weighted by atomic mass is 10.2. The van der Waals surface area contributed by atoms with Crippen LogP contribution < -0.4 is 9.64 Å². The number of nitrogens with zero attached hydrogens (tertiary/aromatic N) is 2. The van der Waals surface area contributed by atoms with Gasteiger partial charge in [0, 0.05) is 18.8 Å². The van der Waals surface area contributed by atoms with Crippen LogP contribution in [0.15, 0.2) is 54.6 Å². The number of rotatable bonds is 8. The SMILES string of the molecule is CCCCCOc1ccc(N2CCN(OC(=O)c3ccccc3)CC2)cc1. The average molecular weight is 368 g/mol. The van der Waals surface area contributed by atoms with Gasteiger partial charge in [-0.05, 0) is 42.8 Å². The Morgan fingerprint density at radius 1 is 0.926 bits per heavy atom. The number of unbranched alkanes of at least 4 members (excludes halogenated alkanes) is 2. The highest BCUT2D eigenvalue weighted by molar-refractivity contribution is 5.89. The molecule has 0 aliphatic carbocycles.